The molecule has 1 aliphatic carbocycles. The summed E-state index contributed by atoms with van der Waals surface area (Å²) in [5.74, 6) is -0.860. The number of hydrogen-bond donors (Lipinski definition) is 2. The van der Waals surface area contributed by atoms with Crippen LogP contribution in [0.2, 0.25) is 0 Å². The lowest BCUT2D eigenvalue weighted by atomic mass is 10.00. The summed E-state index contributed by atoms with van der Waals surface area (Å²) in [6.07, 6.45) is 3.90. The van der Waals surface area contributed by atoms with E-state index < -0.39 is 17.8 Å². The van der Waals surface area contributed by atoms with E-state index in [1.807, 2.05) is 36.4 Å². The molecule has 1 heterocycles. The zero-order chi connectivity index (χ0) is 26.7. The summed E-state index contributed by atoms with van der Waals surface area (Å²) in [5, 5.41) is 6.52. The zero-order valence-corrected chi connectivity index (χ0v) is 21.6. The van der Waals surface area contributed by atoms with E-state index in [0.29, 0.717) is 37.4 Å². The second-order valence-electron chi connectivity index (χ2n) is 10.5. The number of para-hydroxylation sites is 1. The maximum atomic E-state index is 13.8. The summed E-state index contributed by atoms with van der Waals surface area (Å²) < 4.78 is 26.7. The predicted molar refractivity (Wildman–Crippen MR) is 144 cm³/mol. The molecule has 0 radical (unpaired) electrons. The highest BCUT2D eigenvalue weighted by Crippen LogP contribution is 2.51. The first-order chi connectivity index (χ1) is 18.3. The summed E-state index contributed by atoms with van der Waals surface area (Å²) >= 11 is 0. The summed E-state index contributed by atoms with van der Waals surface area (Å²) in [7, 11) is 0. The molecule has 0 spiro atoms. The molecule has 5 nitrogen and oxygen atoms in total. The van der Waals surface area contributed by atoms with E-state index in [0.717, 1.165) is 36.1 Å². The molecule has 1 aliphatic heterocycles. The minimum atomic E-state index is -0.708. The van der Waals surface area contributed by atoms with E-state index in [-0.39, 0.29) is 17.3 Å². The number of nitrogens with zero attached hydrogens (tertiary/aromatic N) is 1. The molecule has 3 atom stereocenters. The lowest BCUT2D eigenvalue weighted by Gasteiger charge is -2.32. The largest absolute Gasteiger partial charge is 0.340 e. The standard InChI is InChI=1S/C31H33F2N3O2/c1-31(20-26(31)21-10-14-24(32)15-11-21)34-18-4-8-27(35-29(37)23-12-16-25(33)17-13-23)30(38)36-19-5-7-22-6-2-3-9-28(22)36/h2-3,6,9-17,26-27,34H,4-5,7-8,18-20H2,1H3,(H,35,37)/t26-,27-,31?/m0/s1. The number of nitrogens with one attached hydrogen (secondary N) is 2. The number of aryl methyl sites for hydroxylation is 1. The van der Waals surface area contributed by atoms with Crippen LogP contribution in [0.4, 0.5) is 14.5 Å². The van der Waals surface area contributed by atoms with Crippen LogP contribution in [-0.4, -0.2) is 36.5 Å². The van der Waals surface area contributed by atoms with Gasteiger partial charge in [-0.15, -0.1) is 0 Å². The molecule has 2 amide bonds. The maximum absolute atomic E-state index is 13.8. The Labute approximate surface area is 222 Å². The van der Waals surface area contributed by atoms with Gasteiger partial charge in [-0.3, -0.25) is 9.59 Å². The van der Waals surface area contributed by atoms with E-state index in [9.17, 15) is 18.4 Å². The first-order valence-corrected chi connectivity index (χ1v) is 13.3. The number of amides is 2. The molecule has 1 saturated carbocycles. The van der Waals surface area contributed by atoms with E-state index in [1.54, 1.807) is 4.90 Å². The second kappa shape index (κ2) is 11.0. The minimum absolute atomic E-state index is 0.0689. The van der Waals surface area contributed by atoms with E-state index >= 15 is 0 Å². The van der Waals surface area contributed by atoms with Crippen LogP contribution in [-0.2, 0) is 11.2 Å². The van der Waals surface area contributed by atoms with Gasteiger partial charge >= 0.3 is 0 Å². The predicted octanol–water partition coefficient (Wildman–Crippen LogP) is 5.36. The average Bonchev–Trinajstić information content (AvgIpc) is 3.61. The van der Waals surface area contributed by atoms with E-state index in [1.165, 1.54) is 36.4 Å². The molecule has 38 heavy (non-hydrogen) atoms. The van der Waals surface area contributed by atoms with Crippen molar-refractivity contribution in [3.05, 3.63) is 101 Å². The van der Waals surface area contributed by atoms with Crippen LogP contribution in [0.3, 0.4) is 0 Å². The van der Waals surface area contributed by atoms with Crippen molar-refractivity contribution in [3.8, 4) is 0 Å². The highest BCUT2D eigenvalue weighted by molar-refractivity contribution is 6.02. The lowest BCUT2D eigenvalue weighted by molar-refractivity contribution is -0.120. The van der Waals surface area contributed by atoms with Crippen molar-refractivity contribution in [2.75, 3.05) is 18.0 Å². The van der Waals surface area contributed by atoms with Crippen molar-refractivity contribution in [2.45, 2.75) is 56.5 Å². The average molecular weight is 518 g/mol. The van der Waals surface area contributed by atoms with Crippen molar-refractivity contribution in [3.63, 3.8) is 0 Å². The van der Waals surface area contributed by atoms with Gasteiger partial charge in [-0.05, 0) is 99.2 Å². The summed E-state index contributed by atoms with van der Waals surface area (Å²) in [4.78, 5) is 28.5. The molecule has 7 heteroatoms. The first kappa shape index (κ1) is 26.0. The molecule has 2 aliphatic rings. The third-order valence-corrected chi connectivity index (χ3v) is 7.79. The quantitative estimate of drug-likeness (QED) is 0.376. The number of halogens is 2. The first-order valence-electron chi connectivity index (χ1n) is 13.3. The molecular weight excluding hydrogens is 484 g/mol. The Bertz CT molecular complexity index is 1300. The van der Waals surface area contributed by atoms with Crippen molar-refractivity contribution in [1.29, 1.82) is 0 Å². The van der Waals surface area contributed by atoms with Crippen LogP contribution >= 0.6 is 0 Å². The Kier molecular flexibility index (Phi) is 7.56. The van der Waals surface area contributed by atoms with Crippen LogP contribution < -0.4 is 15.5 Å². The van der Waals surface area contributed by atoms with E-state index in [2.05, 4.69) is 17.6 Å². The molecule has 3 aromatic carbocycles. The van der Waals surface area contributed by atoms with Gasteiger partial charge in [0, 0.05) is 29.3 Å². The number of carbonyl (C=O) groups excluding carboxylic acids is 2. The molecule has 1 unspecified atom stereocenters. The van der Waals surface area contributed by atoms with Gasteiger partial charge in [0.05, 0.1) is 0 Å². The second-order valence-corrected chi connectivity index (χ2v) is 10.5. The Morgan fingerprint density at radius 1 is 1.00 bits per heavy atom. The zero-order valence-electron chi connectivity index (χ0n) is 21.6. The number of rotatable bonds is 9. The van der Waals surface area contributed by atoms with Crippen LogP contribution in [0.25, 0.3) is 0 Å². The van der Waals surface area contributed by atoms with Crippen molar-refractivity contribution >= 4 is 17.5 Å². The lowest BCUT2D eigenvalue weighted by Crippen LogP contribution is -2.50. The summed E-state index contributed by atoms with van der Waals surface area (Å²) in [6.45, 7) is 3.44. The fraction of sp³-hybridized carbons (Fsp3) is 0.355. The number of benzene rings is 3. The van der Waals surface area contributed by atoms with Crippen molar-refractivity contribution in [2.24, 2.45) is 0 Å². The molecule has 2 N–H and O–H groups in total. The number of anilines is 1. The highest BCUT2D eigenvalue weighted by atomic mass is 19.1. The number of fused-ring (bicyclic) bond motifs is 1. The summed E-state index contributed by atoms with van der Waals surface area (Å²) in [5.41, 5.74) is 3.39. The van der Waals surface area contributed by atoms with Crippen molar-refractivity contribution < 1.29 is 18.4 Å². The van der Waals surface area contributed by atoms with Crippen LogP contribution in [0.15, 0.2) is 72.8 Å². The van der Waals surface area contributed by atoms with Gasteiger partial charge in [-0.2, -0.15) is 0 Å². The molecule has 5 rings (SSSR count). The van der Waals surface area contributed by atoms with Crippen LogP contribution in [0.5, 0.6) is 0 Å². The third-order valence-electron chi connectivity index (χ3n) is 7.79. The molecular formula is C31H33F2N3O2. The van der Waals surface area contributed by atoms with Crippen LogP contribution in [0, 0.1) is 11.6 Å². The Balaban J connectivity index is 1.24. The van der Waals surface area contributed by atoms with Gasteiger partial charge in [0.25, 0.3) is 5.91 Å². The Morgan fingerprint density at radius 3 is 2.42 bits per heavy atom. The monoisotopic (exact) mass is 517 g/mol. The van der Waals surface area contributed by atoms with Gasteiger partial charge < -0.3 is 15.5 Å². The molecule has 3 aromatic rings. The highest BCUT2D eigenvalue weighted by Gasteiger charge is 2.50. The fourth-order valence-electron chi connectivity index (χ4n) is 5.47. The minimum Gasteiger partial charge on any atom is -0.340 e. The van der Waals surface area contributed by atoms with Gasteiger partial charge in [0.1, 0.15) is 17.7 Å². The Morgan fingerprint density at radius 2 is 1.68 bits per heavy atom. The van der Waals surface area contributed by atoms with Gasteiger partial charge in [0.2, 0.25) is 5.91 Å². The molecule has 198 valence electrons. The molecule has 0 aromatic heterocycles. The normalized spacial score (nSPS) is 20.9. The van der Waals surface area contributed by atoms with Gasteiger partial charge in [-0.25, -0.2) is 8.78 Å². The molecule has 0 bridgehead atoms. The molecule has 1 fully saturated rings. The smallest absolute Gasteiger partial charge is 0.251 e. The maximum Gasteiger partial charge on any atom is 0.251 e. The fourth-order valence-corrected chi connectivity index (χ4v) is 5.47. The van der Waals surface area contributed by atoms with Crippen LogP contribution in [0.1, 0.15) is 60.0 Å². The van der Waals surface area contributed by atoms with Gasteiger partial charge in [0.15, 0.2) is 0 Å². The number of hydrogen-bond acceptors (Lipinski definition) is 3. The number of carbonyl (C=O) groups is 2. The Hall–Kier alpha value is -3.58. The summed E-state index contributed by atoms with van der Waals surface area (Å²) in [6, 6.07) is 19.2. The van der Waals surface area contributed by atoms with Gasteiger partial charge in [-0.1, -0.05) is 30.3 Å². The van der Waals surface area contributed by atoms with E-state index in [4.69, 9.17) is 0 Å². The SMILES string of the molecule is CC1(NCCC[C@H](NC(=O)c2ccc(F)cc2)C(=O)N2CCCc3ccccc32)C[C@H]1c1ccc(F)cc1. The molecule has 0 saturated heterocycles. The topological polar surface area (TPSA) is 61.4 Å². The third kappa shape index (κ3) is 5.78. The van der Waals surface area contributed by atoms with Crippen molar-refractivity contribution in [1.82, 2.24) is 10.6 Å².